The van der Waals surface area contributed by atoms with E-state index >= 15 is 0 Å². The Labute approximate surface area is 255 Å². The average Bonchev–Trinajstić information content (AvgIpc) is 3.19. The lowest BCUT2D eigenvalue weighted by molar-refractivity contribution is -0.137. The smallest absolute Gasteiger partial charge is 0.416 e. The van der Waals surface area contributed by atoms with Gasteiger partial charge in [-0.05, 0) is 75.7 Å². The van der Waals surface area contributed by atoms with Gasteiger partial charge in [0, 0.05) is 10.6 Å². The highest BCUT2D eigenvalue weighted by Gasteiger charge is 2.37. The quantitative estimate of drug-likeness (QED) is 0.235. The lowest BCUT2D eigenvalue weighted by Crippen LogP contribution is -2.36. The molecule has 220 valence electrons. The molecule has 0 unspecified atom stereocenters. The molecule has 1 saturated heterocycles. The first-order valence-electron chi connectivity index (χ1n) is 12.0. The Balaban J connectivity index is 1.49. The monoisotopic (exact) mass is 684 g/mol. The molecule has 1 aliphatic heterocycles. The molecule has 1 fully saturated rings. The van der Waals surface area contributed by atoms with Crippen LogP contribution in [0.3, 0.4) is 0 Å². The average molecular weight is 686 g/mol. The number of amides is 3. The van der Waals surface area contributed by atoms with Crippen molar-refractivity contribution in [3.63, 3.8) is 0 Å². The second kappa shape index (κ2) is 13.1. The number of carbonyl (C=O) groups excluding carboxylic acids is 3. The molecule has 42 heavy (non-hydrogen) atoms. The van der Waals surface area contributed by atoms with Gasteiger partial charge in [-0.1, -0.05) is 29.8 Å². The van der Waals surface area contributed by atoms with Crippen LogP contribution in [0.1, 0.15) is 16.7 Å². The standard InChI is InChI=1S/C28H21BrClF3N2O6S/c1-39-21-8-7-17(28(31,32)33)12-20(21)34-24(36)13-35-26(37)23(42-27(35)38)11-15-9-18(29)25(22(10-15)40-2)41-14-16-5-3-4-6-19(16)30/h3-12H,13-14H2,1-2H3,(H,34,36)/b23-11-. The molecule has 3 aromatic carbocycles. The maximum absolute atomic E-state index is 13.1. The number of hydrogen-bond donors (Lipinski definition) is 1. The summed E-state index contributed by atoms with van der Waals surface area (Å²) in [6, 6.07) is 13.0. The van der Waals surface area contributed by atoms with Crippen molar-refractivity contribution in [3.05, 3.63) is 85.7 Å². The molecule has 0 aliphatic carbocycles. The third-order valence-corrected chi connectivity index (χ3v) is 7.72. The van der Waals surface area contributed by atoms with E-state index in [9.17, 15) is 27.6 Å². The lowest BCUT2D eigenvalue weighted by atomic mass is 10.1. The number of benzene rings is 3. The fourth-order valence-corrected chi connectivity index (χ4v) is 5.43. The second-order valence-corrected chi connectivity index (χ2v) is 10.9. The minimum absolute atomic E-state index is 0.0239. The number of methoxy groups -OCH3 is 2. The molecule has 8 nitrogen and oxygen atoms in total. The summed E-state index contributed by atoms with van der Waals surface area (Å²) in [5, 5.41) is 2.10. The number of nitrogens with zero attached hydrogens (tertiary/aromatic N) is 1. The van der Waals surface area contributed by atoms with Crippen LogP contribution in [0, 0.1) is 0 Å². The van der Waals surface area contributed by atoms with Gasteiger partial charge in [0.15, 0.2) is 11.5 Å². The maximum Gasteiger partial charge on any atom is 0.416 e. The van der Waals surface area contributed by atoms with Gasteiger partial charge in [0.05, 0.1) is 34.8 Å². The van der Waals surface area contributed by atoms with Gasteiger partial charge in [-0.3, -0.25) is 19.3 Å². The summed E-state index contributed by atoms with van der Waals surface area (Å²) in [5.74, 6) is -0.921. The van der Waals surface area contributed by atoms with E-state index in [1.54, 1.807) is 24.3 Å². The van der Waals surface area contributed by atoms with E-state index in [-0.39, 0.29) is 22.9 Å². The highest BCUT2D eigenvalue weighted by Crippen LogP contribution is 2.40. The van der Waals surface area contributed by atoms with Gasteiger partial charge in [-0.25, -0.2) is 0 Å². The third-order valence-electron chi connectivity index (χ3n) is 5.86. The number of imide groups is 1. The molecule has 0 atom stereocenters. The van der Waals surface area contributed by atoms with E-state index in [4.69, 9.17) is 25.8 Å². The SMILES string of the molecule is COc1ccc(C(F)(F)F)cc1NC(=O)CN1C(=O)S/C(=C\c2cc(Br)c(OCc3ccccc3Cl)c(OC)c2)C1=O. The Morgan fingerprint density at radius 1 is 1.07 bits per heavy atom. The molecule has 14 heteroatoms. The van der Waals surface area contributed by atoms with Crippen molar-refractivity contribution in [2.45, 2.75) is 12.8 Å². The van der Waals surface area contributed by atoms with Crippen molar-refractivity contribution in [1.29, 1.82) is 0 Å². The van der Waals surface area contributed by atoms with Gasteiger partial charge in [-0.2, -0.15) is 13.2 Å². The molecule has 3 aromatic rings. The first-order valence-corrected chi connectivity index (χ1v) is 13.9. The number of hydrogen-bond acceptors (Lipinski definition) is 7. The van der Waals surface area contributed by atoms with Gasteiger partial charge in [0.1, 0.15) is 18.9 Å². The molecule has 0 radical (unpaired) electrons. The normalized spacial score (nSPS) is 14.4. The predicted octanol–water partition coefficient (Wildman–Crippen LogP) is 7.39. The fraction of sp³-hybridized carbons (Fsp3) is 0.179. The molecule has 3 amide bonds. The van der Waals surface area contributed by atoms with E-state index in [2.05, 4.69) is 21.2 Å². The van der Waals surface area contributed by atoms with Gasteiger partial charge in [0.2, 0.25) is 5.91 Å². The van der Waals surface area contributed by atoms with Gasteiger partial charge in [0.25, 0.3) is 11.1 Å². The van der Waals surface area contributed by atoms with Gasteiger partial charge < -0.3 is 19.5 Å². The number of alkyl halides is 3. The topological polar surface area (TPSA) is 94.2 Å². The van der Waals surface area contributed by atoms with Crippen LogP contribution in [-0.4, -0.2) is 42.7 Å². The van der Waals surface area contributed by atoms with Crippen molar-refractivity contribution in [3.8, 4) is 17.2 Å². The summed E-state index contributed by atoms with van der Waals surface area (Å²) >= 11 is 10.3. The maximum atomic E-state index is 13.1. The Hall–Kier alpha value is -3.68. The van der Waals surface area contributed by atoms with Crippen LogP contribution >= 0.6 is 39.3 Å². The molecular formula is C28H21BrClF3N2O6S. The van der Waals surface area contributed by atoms with Gasteiger partial charge in [-0.15, -0.1) is 0 Å². The lowest BCUT2D eigenvalue weighted by Gasteiger charge is -2.16. The summed E-state index contributed by atoms with van der Waals surface area (Å²) < 4.78 is 56.3. The number of rotatable bonds is 9. The highest BCUT2D eigenvalue weighted by molar-refractivity contribution is 9.10. The van der Waals surface area contributed by atoms with Gasteiger partial charge >= 0.3 is 6.18 Å². The van der Waals surface area contributed by atoms with Crippen molar-refractivity contribution >= 4 is 68.1 Å². The van der Waals surface area contributed by atoms with E-state index < -0.39 is 35.3 Å². The van der Waals surface area contributed by atoms with Crippen LogP contribution in [0.4, 0.5) is 23.7 Å². The van der Waals surface area contributed by atoms with Crippen LogP contribution in [0.25, 0.3) is 6.08 Å². The minimum Gasteiger partial charge on any atom is -0.495 e. The summed E-state index contributed by atoms with van der Waals surface area (Å²) in [5.41, 5.74) is -0.00270. The number of ether oxygens (including phenoxy) is 3. The van der Waals surface area contributed by atoms with Crippen molar-refractivity contribution in [1.82, 2.24) is 4.90 Å². The molecule has 0 bridgehead atoms. The number of halogens is 5. The molecule has 4 rings (SSSR count). The number of anilines is 1. The van der Waals surface area contributed by atoms with Crippen LogP contribution in [0.5, 0.6) is 17.2 Å². The van der Waals surface area contributed by atoms with Crippen molar-refractivity contribution < 1.29 is 41.8 Å². The zero-order chi connectivity index (χ0) is 30.6. The zero-order valence-electron chi connectivity index (χ0n) is 21.9. The second-order valence-electron chi connectivity index (χ2n) is 8.64. The molecule has 0 aromatic heterocycles. The summed E-state index contributed by atoms with van der Waals surface area (Å²) in [7, 11) is 2.67. The molecular weight excluding hydrogens is 665 g/mol. The molecule has 1 heterocycles. The summed E-state index contributed by atoms with van der Waals surface area (Å²) in [6.45, 7) is -0.551. The Morgan fingerprint density at radius 2 is 1.79 bits per heavy atom. The number of carbonyl (C=O) groups is 3. The summed E-state index contributed by atoms with van der Waals surface area (Å²) in [6.07, 6.45) is -3.20. The molecule has 1 aliphatic rings. The van der Waals surface area contributed by atoms with Crippen LogP contribution in [0.15, 0.2) is 64.0 Å². The van der Waals surface area contributed by atoms with Crippen LogP contribution in [-0.2, 0) is 22.4 Å². The first-order chi connectivity index (χ1) is 19.9. The van der Waals surface area contributed by atoms with E-state index in [1.165, 1.54) is 20.3 Å². The summed E-state index contributed by atoms with van der Waals surface area (Å²) in [4.78, 5) is 38.9. The third kappa shape index (κ3) is 7.20. The van der Waals surface area contributed by atoms with E-state index in [0.29, 0.717) is 49.3 Å². The zero-order valence-corrected chi connectivity index (χ0v) is 25.0. The first kappa shape index (κ1) is 31.3. The molecule has 1 N–H and O–H groups in total. The largest absolute Gasteiger partial charge is 0.495 e. The minimum atomic E-state index is -4.65. The molecule has 0 spiro atoms. The number of thioether (sulfide) groups is 1. The Bertz CT molecular complexity index is 1580. The van der Waals surface area contributed by atoms with Crippen molar-refractivity contribution in [2.75, 3.05) is 26.1 Å². The van der Waals surface area contributed by atoms with E-state index in [0.717, 1.165) is 17.7 Å². The van der Waals surface area contributed by atoms with Crippen molar-refractivity contribution in [2.24, 2.45) is 0 Å². The van der Waals surface area contributed by atoms with Crippen LogP contribution < -0.4 is 19.5 Å². The Kier molecular flexibility index (Phi) is 9.74. The number of nitrogens with one attached hydrogen (secondary N) is 1. The molecule has 0 saturated carbocycles. The predicted molar refractivity (Wildman–Crippen MR) is 156 cm³/mol. The van der Waals surface area contributed by atoms with Crippen LogP contribution in [0.2, 0.25) is 5.02 Å². The van der Waals surface area contributed by atoms with E-state index in [1.807, 2.05) is 12.1 Å². The highest BCUT2D eigenvalue weighted by atomic mass is 79.9. The Morgan fingerprint density at radius 3 is 2.45 bits per heavy atom. The fourth-order valence-electron chi connectivity index (χ4n) is 3.83.